The Morgan fingerprint density at radius 3 is 2.54 bits per heavy atom. The van der Waals surface area contributed by atoms with E-state index in [4.69, 9.17) is 0 Å². The van der Waals surface area contributed by atoms with Crippen LogP contribution in [0.4, 0.5) is 5.69 Å². The van der Waals surface area contributed by atoms with Crippen molar-refractivity contribution in [3.63, 3.8) is 0 Å². The average Bonchev–Trinajstić information content (AvgIpc) is 3.14. The van der Waals surface area contributed by atoms with Crippen molar-refractivity contribution in [1.82, 2.24) is 19.7 Å². The van der Waals surface area contributed by atoms with Gasteiger partial charge in [0.15, 0.2) is 5.16 Å². The number of nitro benzene ring substituents is 1. The monoisotopic (exact) mass is 373 g/mol. The van der Waals surface area contributed by atoms with Crippen LogP contribution >= 0.6 is 11.8 Å². The number of fused-ring (bicyclic) bond motifs is 1. The lowest BCUT2D eigenvalue weighted by Crippen LogP contribution is -2.41. The highest BCUT2D eigenvalue weighted by molar-refractivity contribution is 8.00. The van der Waals surface area contributed by atoms with Crippen LogP contribution in [-0.4, -0.2) is 48.8 Å². The van der Waals surface area contributed by atoms with E-state index in [1.807, 2.05) is 0 Å². The minimum absolute atomic E-state index is 0.0572. The van der Waals surface area contributed by atoms with Gasteiger partial charge in [-0.1, -0.05) is 30.3 Å². The zero-order valence-electron chi connectivity index (χ0n) is 14.4. The van der Waals surface area contributed by atoms with Crippen molar-refractivity contribution >= 4 is 23.4 Å². The fourth-order valence-corrected chi connectivity index (χ4v) is 4.97. The van der Waals surface area contributed by atoms with Crippen LogP contribution in [0.25, 0.3) is 0 Å². The van der Waals surface area contributed by atoms with Gasteiger partial charge in [0.25, 0.3) is 11.6 Å². The first kappa shape index (κ1) is 17.2. The van der Waals surface area contributed by atoms with E-state index >= 15 is 0 Å². The van der Waals surface area contributed by atoms with Crippen LogP contribution in [0, 0.1) is 17.0 Å². The Morgan fingerprint density at radius 1 is 1.23 bits per heavy atom. The van der Waals surface area contributed by atoms with Crippen LogP contribution in [0.5, 0.6) is 0 Å². The fourth-order valence-electron chi connectivity index (χ4n) is 3.67. The molecule has 0 spiro atoms. The van der Waals surface area contributed by atoms with Gasteiger partial charge in [0.1, 0.15) is 11.1 Å². The van der Waals surface area contributed by atoms with E-state index in [1.165, 1.54) is 35.0 Å². The highest BCUT2D eigenvalue weighted by atomic mass is 32.2. The quantitative estimate of drug-likeness (QED) is 0.601. The zero-order valence-corrected chi connectivity index (χ0v) is 15.2. The van der Waals surface area contributed by atoms with Crippen LogP contribution in [0.1, 0.15) is 41.5 Å². The highest BCUT2D eigenvalue weighted by Crippen LogP contribution is 2.41. The maximum Gasteiger partial charge on any atom is 0.269 e. The number of likely N-dealkylation sites (tertiary alicyclic amines) is 1. The summed E-state index contributed by atoms with van der Waals surface area (Å²) in [6.07, 6.45) is 3.38. The van der Waals surface area contributed by atoms with Crippen LogP contribution in [0.2, 0.25) is 0 Å². The van der Waals surface area contributed by atoms with Crippen molar-refractivity contribution in [2.24, 2.45) is 0 Å². The third kappa shape index (κ3) is 3.01. The first-order valence-corrected chi connectivity index (χ1v) is 9.55. The summed E-state index contributed by atoms with van der Waals surface area (Å²) in [5.74, 6) is 0.517. The van der Waals surface area contributed by atoms with Gasteiger partial charge in [-0.2, -0.15) is 4.68 Å². The number of aromatic nitrogens is 3. The van der Waals surface area contributed by atoms with Gasteiger partial charge in [0.05, 0.1) is 11.0 Å². The van der Waals surface area contributed by atoms with Crippen LogP contribution in [-0.2, 0) is 0 Å². The molecular formula is C17H19N5O3S. The largest absolute Gasteiger partial charge is 0.295 e. The SMILES string of the molecule is Cc1nc2n(n1)C(=O)C(C(c1ccc([N+](=O)[O-])cc1)N1CCCCC1)S2. The molecule has 1 aromatic carbocycles. The minimum Gasteiger partial charge on any atom is -0.295 e. The number of benzene rings is 1. The molecule has 0 radical (unpaired) electrons. The third-order valence-electron chi connectivity index (χ3n) is 4.88. The number of carbonyl (C=O) groups is 1. The molecule has 3 heterocycles. The second-order valence-electron chi connectivity index (χ2n) is 6.62. The Hall–Kier alpha value is -2.26. The molecule has 2 atom stereocenters. The lowest BCUT2D eigenvalue weighted by Gasteiger charge is -2.36. The summed E-state index contributed by atoms with van der Waals surface area (Å²) in [7, 11) is 0. The molecule has 9 heteroatoms. The van der Waals surface area contributed by atoms with Gasteiger partial charge in [-0.3, -0.25) is 19.8 Å². The van der Waals surface area contributed by atoms with Crippen molar-refractivity contribution in [2.75, 3.05) is 13.1 Å². The van der Waals surface area contributed by atoms with Gasteiger partial charge < -0.3 is 0 Å². The van der Waals surface area contributed by atoms with Gasteiger partial charge in [-0.05, 0) is 38.4 Å². The van der Waals surface area contributed by atoms with E-state index in [0.29, 0.717) is 11.0 Å². The molecule has 0 N–H and O–H groups in total. The molecule has 2 aliphatic rings. The van der Waals surface area contributed by atoms with Crippen molar-refractivity contribution in [3.8, 4) is 0 Å². The number of nitro groups is 1. The molecule has 4 rings (SSSR count). The summed E-state index contributed by atoms with van der Waals surface area (Å²) < 4.78 is 1.40. The second kappa shape index (κ2) is 6.81. The highest BCUT2D eigenvalue weighted by Gasteiger charge is 2.43. The molecule has 2 unspecified atom stereocenters. The normalized spacial score (nSPS) is 21.6. The maximum atomic E-state index is 12.9. The number of hydrogen-bond donors (Lipinski definition) is 0. The number of rotatable bonds is 4. The number of thioether (sulfide) groups is 1. The molecule has 0 aliphatic carbocycles. The summed E-state index contributed by atoms with van der Waals surface area (Å²) in [6.45, 7) is 3.61. The molecule has 0 bridgehead atoms. The third-order valence-corrected chi connectivity index (χ3v) is 6.07. The van der Waals surface area contributed by atoms with E-state index in [-0.39, 0.29) is 22.9 Å². The molecule has 2 aromatic rings. The molecule has 0 amide bonds. The lowest BCUT2D eigenvalue weighted by atomic mass is 9.98. The van der Waals surface area contributed by atoms with E-state index in [1.54, 1.807) is 19.1 Å². The van der Waals surface area contributed by atoms with Crippen LogP contribution in [0.3, 0.4) is 0 Å². The number of aryl methyl sites for hydroxylation is 1. The van der Waals surface area contributed by atoms with E-state index in [0.717, 1.165) is 31.5 Å². The summed E-state index contributed by atoms with van der Waals surface area (Å²) >= 11 is 1.44. The Balaban J connectivity index is 1.68. The molecule has 2 aliphatic heterocycles. The zero-order chi connectivity index (χ0) is 18.3. The van der Waals surface area contributed by atoms with Crippen molar-refractivity contribution < 1.29 is 9.72 Å². The minimum atomic E-state index is -0.405. The first-order chi connectivity index (χ1) is 12.5. The number of hydrogen-bond acceptors (Lipinski definition) is 7. The van der Waals surface area contributed by atoms with E-state index < -0.39 is 4.92 Å². The predicted molar refractivity (Wildman–Crippen MR) is 96.3 cm³/mol. The molecule has 8 nitrogen and oxygen atoms in total. The van der Waals surface area contributed by atoms with Gasteiger partial charge in [-0.15, -0.1) is 5.10 Å². The summed E-state index contributed by atoms with van der Waals surface area (Å²) in [5, 5.41) is 15.4. The second-order valence-corrected chi connectivity index (χ2v) is 7.73. The Bertz CT molecular complexity index is 845. The van der Waals surface area contributed by atoms with Crippen LogP contribution < -0.4 is 0 Å². The Kier molecular flexibility index (Phi) is 4.49. The molecule has 1 aromatic heterocycles. The average molecular weight is 373 g/mol. The van der Waals surface area contributed by atoms with Crippen LogP contribution in [0.15, 0.2) is 29.4 Å². The topological polar surface area (TPSA) is 94.2 Å². The lowest BCUT2D eigenvalue weighted by molar-refractivity contribution is -0.384. The fraction of sp³-hybridized carbons (Fsp3) is 0.471. The standard InChI is InChI=1S/C17H19N5O3S/c1-11-18-17-21(19-11)16(23)15(26-17)14(20-9-3-2-4-10-20)12-5-7-13(8-6-12)22(24)25/h5-8,14-15H,2-4,9-10H2,1H3. The molecular weight excluding hydrogens is 354 g/mol. The smallest absolute Gasteiger partial charge is 0.269 e. The Labute approximate surface area is 154 Å². The summed E-state index contributed by atoms with van der Waals surface area (Å²) in [4.78, 5) is 30.2. The first-order valence-electron chi connectivity index (χ1n) is 8.67. The predicted octanol–water partition coefficient (Wildman–Crippen LogP) is 2.84. The molecule has 1 saturated heterocycles. The van der Waals surface area contributed by atoms with E-state index in [9.17, 15) is 14.9 Å². The van der Waals surface area contributed by atoms with Crippen molar-refractivity contribution in [3.05, 3.63) is 45.8 Å². The number of non-ortho nitro benzene ring substituents is 1. The van der Waals surface area contributed by atoms with Gasteiger partial charge >= 0.3 is 0 Å². The maximum absolute atomic E-state index is 12.9. The van der Waals surface area contributed by atoms with Gasteiger partial charge in [0.2, 0.25) is 0 Å². The van der Waals surface area contributed by atoms with Gasteiger partial charge in [0, 0.05) is 12.1 Å². The molecule has 1 fully saturated rings. The van der Waals surface area contributed by atoms with Crippen molar-refractivity contribution in [1.29, 1.82) is 0 Å². The number of carbonyl (C=O) groups excluding carboxylic acids is 1. The molecule has 26 heavy (non-hydrogen) atoms. The molecule has 136 valence electrons. The summed E-state index contributed by atoms with van der Waals surface area (Å²) in [5.41, 5.74) is 0.979. The molecule has 0 saturated carbocycles. The van der Waals surface area contributed by atoms with Crippen molar-refractivity contribution in [2.45, 2.75) is 42.6 Å². The summed E-state index contributed by atoms with van der Waals surface area (Å²) in [6, 6.07) is 6.42. The number of nitrogens with zero attached hydrogens (tertiary/aromatic N) is 5. The van der Waals surface area contributed by atoms with E-state index in [2.05, 4.69) is 15.0 Å². The number of piperidine rings is 1. The van der Waals surface area contributed by atoms with Gasteiger partial charge in [-0.25, -0.2) is 4.98 Å². The Morgan fingerprint density at radius 2 is 1.92 bits per heavy atom.